The highest BCUT2D eigenvalue weighted by atomic mass is 16.1. The Morgan fingerprint density at radius 2 is 1.86 bits per heavy atom. The van der Waals surface area contributed by atoms with Crippen LogP contribution in [0, 0.1) is 0 Å². The van der Waals surface area contributed by atoms with Gasteiger partial charge < -0.3 is 10.2 Å². The van der Waals surface area contributed by atoms with E-state index in [4.69, 9.17) is 0 Å². The summed E-state index contributed by atoms with van der Waals surface area (Å²) in [5, 5.41) is 2.94. The first-order valence-corrected chi connectivity index (χ1v) is 8.22. The Morgan fingerprint density at radius 1 is 1.14 bits per heavy atom. The van der Waals surface area contributed by atoms with Gasteiger partial charge in [0.15, 0.2) is 0 Å². The Hall–Kier alpha value is -1.58. The van der Waals surface area contributed by atoms with Crippen LogP contribution in [0.25, 0.3) is 0 Å². The van der Waals surface area contributed by atoms with Gasteiger partial charge >= 0.3 is 0 Å². The van der Waals surface area contributed by atoms with Crippen LogP contribution in [0.15, 0.2) is 18.3 Å². The lowest BCUT2D eigenvalue weighted by atomic mass is 10.2. The largest absolute Gasteiger partial charge is 0.371 e. The quantitative estimate of drug-likeness (QED) is 0.670. The topological polar surface area (TPSA) is 45.2 Å². The summed E-state index contributed by atoms with van der Waals surface area (Å²) in [6, 6.07) is 3.89. The molecule has 4 nitrogen and oxygen atoms in total. The maximum Gasteiger partial charge on any atom is 0.269 e. The predicted octanol–water partition coefficient (Wildman–Crippen LogP) is 3.63. The van der Waals surface area contributed by atoms with E-state index >= 15 is 0 Å². The molecule has 0 unspecified atom stereocenters. The van der Waals surface area contributed by atoms with Gasteiger partial charge in [-0.05, 0) is 31.4 Å². The lowest BCUT2D eigenvalue weighted by Gasteiger charge is -2.23. The first-order chi connectivity index (χ1) is 10.2. The number of nitrogens with zero attached hydrogens (tertiary/aromatic N) is 2. The summed E-state index contributed by atoms with van der Waals surface area (Å²) >= 11 is 0. The normalized spacial score (nSPS) is 10.4. The summed E-state index contributed by atoms with van der Waals surface area (Å²) in [5.41, 5.74) is 1.61. The molecule has 0 spiro atoms. The number of rotatable bonds is 10. The van der Waals surface area contributed by atoms with Crippen molar-refractivity contribution in [2.24, 2.45) is 0 Å². The van der Waals surface area contributed by atoms with E-state index in [1.807, 2.05) is 12.1 Å². The molecular weight excluding hydrogens is 262 g/mol. The maximum absolute atomic E-state index is 12.1. The minimum atomic E-state index is -0.0686. The number of hydrogen-bond donors (Lipinski definition) is 1. The van der Waals surface area contributed by atoms with Crippen molar-refractivity contribution in [1.82, 2.24) is 10.3 Å². The Morgan fingerprint density at radius 3 is 2.48 bits per heavy atom. The fourth-order valence-electron chi connectivity index (χ4n) is 2.32. The van der Waals surface area contributed by atoms with E-state index in [1.165, 1.54) is 0 Å². The van der Waals surface area contributed by atoms with Gasteiger partial charge in [0.25, 0.3) is 5.91 Å². The summed E-state index contributed by atoms with van der Waals surface area (Å²) in [7, 11) is 0. The van der Waals surface area contributed by atoms with Crippen molar-refractivity contribution in [3.63, 3.8) is 0 Å². The smallest absolute Gasteiger partial charge is 0.269 e. The molecule has 0 aromatic carbocycles. The summed E-state index contributed by atoms with van der Waals surface area (Å²) in [4.78, 5) is 18.6. The van der Waals surface area contributed by atoms with Crippen LogP contribution in [-0.4, -0.2) is 30.5 Å². The third-order valence-electron chi connectivity index (χ3n) is 3.39. The van der Waals surface area contributed by atoms with Gasteiger partial charge in [-0.2, -0.15) is 0 Å². The third-order valence-corrected chi connectivity index (χ3v) is 3.39. The van der Waals surface area contributed by atoms with E-state index in [-0.39, 0.29) is 5.91 Å². The van der Waals surface area contributed by atoms with Gasteiger partial charge in [-0.25, -0.2) is 0 Å². The summed E-state index contributed by atoms with van der Waals surface area (Å²) in [6.07, 6.45) is 7.26. The number of nitrogens with one attached hydrogen (secondary N) is 1. The molecule has 1 aromatic rings. The molecule has 0 bridgehead atoms. The van der Waals surface area contributed by atoms with Crippen molar-refractivity contribution in [1.29, 1.82) is 0 Å². The standard InChI is InChI=1S/C17H29N3O/c1-4-7-8-10-19-17(21)16-14-15(9-11-18-16)20(12-5-2)13-6-3/h9,11,14H,4-8,10,12-13H2,1-3H3,(H,19,21). The summed E-state index contributed by atoms with van der Waals surface area (Å²) in [5.74, 6) is -0.0686. The zero-order valence-electron chi connectivity index (χ0n) is 13.7. The molecule has 0 saturated heterocycles. The Bertz CT molecular complexity index is 414. The molecule has 118 valence electrons. The van der Waals surface area contributed by atoms with Crippen LogP contribution in [0.2, 0.25) is 0 Å². The van der Waals surface area contributed by atoms with E-state index in [2.05, 4.69) is 36.0 Å². The second-order valence-corrected chi connectivity index (χ2v) is 5.35. The average molecular weight is 291 g/mol. The van der Waals surface area contributed by atoms with Crippen LogP contribution in [-0.2, 0) is 0 Å². The van der Waals surface area contributed by atoms with Gasteiger partial charge in [0.05, 0.1) is 0 Å². The van der Waals surface area contributed by atoms with Crippen LogP contribution in [0.4, 0.5) is 5.69 Å². The van der Waals surface area contributed by atoms with E-state index in [9.17, 15) is 4.79 Å². The second-order valence-electron chi connectivity index (χ2n) is 5.35. The Balaban J connectivity index is 2.67. The molecular formula is C17H29N3O. The van der Waals surface area contributed by atoms with E-state index in [0.29, 0.717) is 5.69 Å². The second kappa shape index (κ2) is 10.2. The van der Waals surface area contributed by atoms with Crippen molar-refractivity contribution >= 4 is 11.6 Å². The van der Waals surface area contributed by atoms with Gasteiger partial charge in [-0.1, -0.05) is 33.6 Å². The van der Waals surface area contributed by atoms with Crippen LogP contribution < -0.4 is 10.2 Å². The number of aromatic nitrogens is 1. The van der Waals surface area contributed by atoms with Crippen molar-refractivity contribution in [2.75, 3.05) is 24.5 Å². The lowest BCUT2D eigenvalue weighted by molar-refractivity contribution is 0.0948. The van der Waals surface area contributed by atoms with Gasteiger partial charge in [0.1, 0.15) is 5.69 Å². The molecule has 0 radical (unpaired) electrons. The van der Waals surface area contributed by atoms with Crippen LogP contribution >= 0.6 is 0 Å². The van der Waals surface area contributed by atoms with Gasteiger partial charge in [0.2, 0.25) is 0 Å². The number of hydrogen-bond acceptors (Lipinski definition) is 3. The average Bonchev–Trinajstić information content (AvgIpc) is 2.51. The number of anilines is 1. The molecule has 0 aliphatic heterocycles. The minimum absolute atomic E-state index is 0.0686. The molecule has 0 aliphatic rings. The minimum Gasteiger partial charge on any atom is -0.371 e. The summed E-state index contributed by atoms with van der Waals surface area (Å²) in [6.45, 7) is 9.25. The predicted molar refractivity (Wildman–Crippen MR) is 88.9 cm³/mol. The van der Waals surface area contributed by atoms with Crippen LogP contribution in [0.3, 0.4) is 0 Å². The fraction of sp³-hybridized carbons (Fsp3) is 0.647. The van der Waals surface area contributed by atoms with Gasteiger partial charge in [-0.15, -0.1) is 0 Å². The highest BCUT2D eigenvalue weighted by Gasteiger charge is 2.10. The number of carbonyl (C=O) groups excluding carboxylic acids is 1. The maximum atomic E-state index is 12.1. The SMILES string of the molecule is CCCCCNC(=O)c1cc(N(CCC)CCC)ccn1. The number of carbonyl (C=O) groups is 1. The molecule has 21 heavy (non-hydrogen) atoms. The van der Waals surface area contributed by atoms with Gasteiger partial charge in [0, 0.05) is 31.5 Å². The first kappa shape index (κ1) is 17.5. The zero-order chi connectivity index (χ0) is 15.5. The fourth-order valence-corrected chi connectivity index (χ4v) is 2.32. The molecule has 0 fully saturated rings. The number of unbranched alkanes of at least 4 members (excludes halogenated alkanes) is 2. The first-order valence-electron chi connectivity index (χ1n) is 8.22. The van der Waals surface area contributed by atoms with Gasteiger partial charge in [-0.3, -0.25) is 9.78 Å². The Labute approximate surface area is 129 Å². The van der Waals surface area contributed by atoms with Crippen LogP contribution in [0.5, 0.6) is 0 Å². The zero-order valence-corrected chi connectivity index (χ0v) is 13.7. The molecule has 1 aromatic heterocycles. The molecule has 4 heteroatoms. The van der Waals surface area contributed by atoms with E-state index < -0.39 is 0 Å². The molecule has 1 rings (SSSR count). The lowest BCUT2D eigenvalue weighted by Crippen LogP contribution is -2.27. The number of amides is 1. The van der Waals surface area contributed by atoms with E-state index in [1.54, 1.807) is 6.20 Å². The summed E-state index contributed by atoms with van der Waals surface area (Å²) < 4.78 is 0. The van der Waals surface area contributed by atoms with Crippen molar-refractivity contribution < 1.29 is 4.79 Å². The highest BCUT2D eigenvalue weighted by molar-refractivity contribution is 5.93. The van der Waals surface area contributed by atoms with Crippen LogP contribution in [0.1, 0.15) is 63.4 Å². The molecule has 0 aliphatic carbocycles. The molecule has 0 saturated carbocycles. The number of pyridine rings is 1. The molecule has 1 amide bonds. The Kier molecular flexibility index (Phi) is 8.48. The monoisotopic (exact) mass is 291 g/mol. The third kappa shape index (κ3) is 6.15. The highest BCUT2D eigenvalue weighted by Crippen LogP contribution is 2.15. The molecule has 0 atom stereocenters. The molecule has 1 N–H and O–H groups in total. The van der Waals surface area contributed by atoms with E-state index in [0.717, 1.165) is 57.4 Å². The van der Waals surface area contributed by atoms with Crippen molar-refractivity contribution in [3.05, 3.63) is 24.0 Å². The molecule has 1 heterocycles. The van der Waals surface area contributed by atoms with Crippen molar-refractivity contribution in [2.45, 2.75) is 52.9 Å². The van der Waals surface area contributed by atoms with Crippen molar-refractivity contribution in [3.8, 4) is 0 Å².